The second-order valence-corrected chi connectivity index (χ2v) is 2.11. The Morgan fingerprint density at radius 2 is 1.62 bits per heavy atom. The van der Waals surface area contributed by atoms with E-state index in [1.165, 1.54) is 0 Å². The van der Waals surface area contributed by atoms with Gasteiger partial charge in [0.1, 0.15) is 0 Å². The molecule has 0 heterocycles. The molecule has 0 amide bonds. The van der Waals surface area contributed by atoms with Gasteiger partial charge < -0.3 is 5.01 Å². The summed E-state index contributed by atoms with van der Waals surface area (Å²) in [4.78, 5) is 0. The van der Waals surface area contributed by atoms with E-state index in [9.17, 15) is 0 Å². The first-order valence-electron chi connectivity index (χ1n) is 2.62. The number of rotatable bonds is 2. The predicted octanol–water partition coefficient (Wildman–Crippen LogP) is 0.928. The van der Waals surface area contributed by atoms with Crippen molar-refractivity contribution in [2.75, 3.05) is 21.1 Å². The molecule has 0 aromatic heterocycles. The van der Waals surface area contributed by atoms with Gasteiger partial charge in [-0.3, -0.25) is 0 Å². The minimum atomic E-state index is 1.05. The van der Waals surface area contributed by atoms with Gasteiger partial charge in [0.15, 0.2) is 0 Å². The third kappa shape index (κ3) is 1.98. The van der Waals surface area contributed by atoms with E-state index < -0.39 is 0 Å². The third-order valence-electron chi connectivity index (χ3n) is 1.15. The summed E-state index contributed by atoms with van der Waals surface area (Å²) in [5, 5.41) is 3.95. The van der Waals surface area contributed by atoms with Crippen molar-refractivity contribution in [3.8, 4) is 0 Å². The van der Waals surface area contributed by atoms with E-state index in [0.717, 1.165) is 5.70 Å². The number of hydrogen-bond acceptors (Lipinski definition) is 2. The van der Waals surface area contributed by atoms with Crippen LogP contribution in [-0.4, -0.2) is 31.2 Å². The first kappa shape index (κ1) is 7.50. The summed E-state index contributed by atoms with van der Waals surface area (Å²) in [6, 6.07) is 0. The molecule has 0 aromatic carbocycles. The lowest BCUT2D eigenvalue weighted by molar-refractivity contribution is 0.0995. The van der Waals surface area contributed by atoms with Crippen molar-refractivity contribution in [2.24, 2.45) is 0 Å². The minimum Gasteiger partial charge on any atom is -0.314 e. The summed E-state index contributed by atoms with van der Waals surface area (Å²) in [7, 11) is 5.94. The highest BCUT2D eigenvalue weighted by molar-refractivity contribution is 4.83. The lowest BCUT2D eigenvalue weighted by Crippen LogP contribution is -2.30. The summed E-state index contributed by atoms with van der Waals surface area (Å²) in [6.45, 7) is 5.73. The van der Waals surface area contributed by atoms with Crippen molar-refractivity contribution in [1.82, 2.24) is 10.0 Å². The molecule has 0 aromatic rings. The van der Waals surface area contributed by atoms with Gasteiger partial charge in [0.05, 0.1) is 0 Å². The molecule has 0 spiro atoms. The Balaban J connectivity index is 3.64. The number of nitrogens with zero attached hydrogens (tertiary/aromatic N) is 2. The van der Waals surface area contributed by atoms with E-state index in [0.29, 0.717) is 0 Å². The number of allylic oxidation sites excluding steroid dienone is 1. The molecule has 0 atom stereocenters. The maximum Gasteiger partial charge on any atom is 0.0230 e. The summed E-state index contributed by atoms with van der Waals surface area (Å²) in [5.41, 5.74) is 1.05. The Morgan fingerprint density at radius 1 is 1.25 bits per heavy atom. The number of hydrazine groups is 1. The van der Waals surface area contributed by atoms with E-state index in [1.807, 2.05) is 38.1 Å². The standard InChI is InChI=1S/C6H14N2/c1-6(2)8(5)7(3)4/h1H2,2-5H3. The van der Waals surface area contributed by atoms with Crippen molar-refractivity contribution < 1.29 is 0 Å². The fourth-order valence-corrected chi connectivity index (χ4v) is 0.341. The Hall–Kier alpha value is -0.500. The van der Waals surface area contributed by atoms with E-state index >= 15 is 0 Å². The zero-order valence-corrected chi connectivity index (χ0v) is 6.10. The van der Waals surface area contributed by atoms with Crippen molar-refractivity contribution in [3.05, 3.63) is 12.3 Å². The van der Waals surface area contributed by atoms with E-state index in [-0.39, 0.29) is 0 Å². The normalized spacial score (nSPS) is 9.62. The molecule has 0 N–H and O–H groups in total. The highest BCUT2D eigenvalue weighted by atomic mass is 15.6. The molecule has 0 aliphatic carbocycles. The Kier molecular flexibility index (Phi) is 2.55. The van der Waals surface area contributed by atoms with E-state index in [2.05, 4.69) is 6.58 Å². The lowest BCUT2D eigenvalue weighted by Gasteiger charge is -2.25. The molecule has 0 saturated heterocycles. The fraction of sp³-hybridized carbons (Fsp3) is 0.667. The van der Waals surface area contributed by atoms with Gasteiger partial charge in [-0.05, 0) is 6.92 Å². The van der Waals surface area contributed by atoms with Gasteiger partial charge in [-0.15, -0.1) is 0 Å². The van der Waals surface area contributed by atoms with Crippen LogP contribution in [-0.2, 0) is 0 Å². The van der Waals surface area contributed by atoms with Crippen LogP contribution in [0.2, 0.25) is 0 Å². The van der Waals surface area contributed by atoms with Gasteiger partial charge >= 0.3 is 0 Å². The van der Waals surface area contributed by atoms with Gasteiger partial charge in [0, 0.05) is 26.8 Å². The molecular formula is C6H14N2. The molecule has 0 fully saturated rings. The molecule has 0 bridgehead atoms. The van der Waals surface area contributed by atoms with Crippen LogP contribution in [0.4, 0.5) is 0 Å². The summed E-state index contributed by atoms with van der Waals surface area (Å²) >= 11 is 0. The first-order chi connectivity index (χ1) is 3.55. The molecule has 8 heavy (non-hydrogen) atoms. The van der Waals surface area contributed by atoms with Crippen LogP contribution < -0.4 is 0 Å². The molecule has 48 valence electrons. The summed E-state index contributed by atoms with van der Waals surface area (Å²) in [6.07, 6.45) is 0. The Morgan fingerprint density at radius 3 is 1.62 bits per heavy atom. The maximum absolute atomic E-state index is 3.76. The Labute approximate surface area is 51.4 Å². The van der Waals surface area contributed by atoms with Crippen LogP contribution in [0, 0.1) is 0 Å². The summed E-state index contributed by atoms with van der Waals surface area (Å²) in [5.74, 6) is 0. The highest BCUT2D eigenvalue weighted by Gasteiger charge is 1.95. The van der Waals surface area contributed by atoms with Crippen LogP contribution in [0.1, 0.15) is 6.92 Å². The second-order valence-electron chi connectivity index (χ2n) is 2.11. The van der Waals surface area contributed by atoms with Gasteiger partial charge in [-0.2, -0.15) is 0 Å². The molecule has 2 heteroatoms. The van der Waals surface area contributed by atoms with Gasteiger partial charge in [0.2, 0.25) is 0 Å². The van der Waals surface area contributed by atoms with Crippen molar-refractivity contribution in [3.63, 3.8) is 0 Å². The SMILES string of the molecule is C=C(C)N(C)N(C)C. The third-order valence-corrected chi connectivity index (χ3v) is 1.15. The minimum absolute atomic E-state index is 1.05. The van der Waals surface area contributed by atoms with Crippen LogP contribution in [0.3, 0.4) is 0 Å². The quantitative estimate of drug-likeness (QED) is 0.493. The zero-order valence-electron chi connectivity index (χ0n) is 6.10. The van der Waals surface area contributed by atoms with Crippen molar-refractivity contribution in [1.29, 1.82) is 0 Å². The molecule has 0 unspecified atom stereocenters. The first-order valence-corrected chi connectivity index (χ1v) is 2.62. The topological polar surface area (TPSA) is 6.48 Å². The molecule has 2 nitrogen and oxygen atoms in total. The van der Waals surface area contributed by atoms with Crippen LogP contribution >= 0.6 is 0 Å². The van der Waals surface area contributed by atoms with Gasteiger partial charge in [-0.25, -0.2) is 5.01 Å². The Bertz CT molecular complexity index is 86.5. The van der Waals surface area contributed by atoms with E-state index in [1.54, 1.807) is 0 Å². The summed E-state index contributed by atoms with van der Waals surface area (Å²) < 4.78 is 0. The van der Waals surface area contributed by atoms with Gasteiger partial charge in [0.25, 0.3) is 0 Å². The smallest absolute Gasteiger partial charge is 0.0230 e. The maximum atomic E-state index is 3.76. The van der Waals surface area contributed by atoms with Crippen molar-refractivity contribution >= 4 is 0 Å². The monoisotopic (exact) mass is 114 g/mol. The van der Waals surface area contributed by atoms with Crippen LogP contribution in [0.25, 0.3) is 0 Å². The molecular weight excluding hydrogens is 100 g/mol. The molecule has 0 saturated carbocycles. The van der Waals surface area contributed by atoms with Gasteiger partial charge in [-0.1, -0.05) is 6.58 Å². The molecule has 0 aliphatic rings. The van der Waals surface area contributed by atoms with Crippen LogP contribution in [0.15, 0.2) is 12.3 Å². The average Bonchev–Trinajstić information content (AvgIpc) is 1.64. The van der Waals surface area contributed by atoms with E-state index in [4.69, 9.17) is 0 Å². The molecule has 0 radical (unpaired) electrons. The lowest BCUT2D eigenvalue weighted by atomic mass is 10.6. The predicted molar refractivity (Wildman–Crippen MR) is 36.3 cm³/mol. The highest BCUT2D eigenvalue weighted by Crippen LogP contribution is 1.95. The molecule has 0 aliphatic heterocycles. The average molecular weight is 114 g/mol. The molecule has 0 rings (SSSR count). The zero-order chi connectivity index (χ0) is 6.73. The fourth-order valence-electron chi connectivity index (χ4n) is 0.341. The largest absolute Gasteiger partial charge is 0.314 e. The number of hydrogen-bond donors (Lipinski definition) is 0. The second kappa shape index (κ2) is 2.72. The van der Waals surface area contributed by atoms with Crippen molar-refractivity contribution in [2.45, 2.75) is 6.92 Å². The van der Waals surface area contributed by atoms with Crippen LogP contribution in [0.5, 0.6) is 0 Å².